The second kappa shape index (κ2) is 22.3. The first-order valence-electron chi connectivity index (χ1n) is 20.8. The van der Waals surface area contributed by atoms with Crippen molar-refractivity contribution in [1.82, 2.24) is 25.8 Å². The van der Waals surface area contributed by atoms with Gasteiger partial charge in [-0.1, -0.05) is 69.3 Å². The highest BCUT2D eigenvalue weighted by molar-refractivity contribution is 7.13. The molecule has 1 aromatic heterocycles. The first kappa shape index (κ1) is 48.8. The molecule has 1 aliphatic heterocycles. The Morgan fingerprint density at radius 3 is 2.23 bits per heavy atom. The van der Waals surface area contributed by atoms with Gasteiger partial charge in [-0.05, 0) is 81.5 Å². The van der Waals surface area contributed by atoms with Crippen LogP contribution in [0.4, 0.5) is 4.79 Å². The number of β-amino-alcohol motifs (C(OH)–C–C–N with tert-alkyl or cyclic N) is 1. The third-order valence-electron chi connectivity index (χ3n) is 10.2. The Bertz CT molecular complexity index is 1920. The predicted octanol–water partition coefficient (Wildman–Crippen LogP) is 4.94. The van der Waals surface area contributed by atoms with Crippen LogP contribution in [-0.2, 0) is 53.0 Å². The number of hydrogen-bond acceptors (Lipinski definition) is 11. The zero-order chi connectivity index (χ0) is 44.9. The number of nitrogens with two attached hydrogens (primary N) is 1. The van der Waals surface area contributed by atoms with Crippen molar-refractivity contribution in [2.45, 2.75) is 137 Å². The summed E-state index contributed by atoms with van der Waals surface area (Å²) in [6.45, 7) is 15.2. The second-order valence-electron chi connectivity index (χ2n) is 17.7. The molecule has 61 heavy (non-hydrogen) atoms. The van der Waals surface area contributed by atoms with Gasteiger partial charge in [-0.25, -0.2) is 9.78 Å². The number of likely N-dealkylation sites (tertiary alicyclic amines) is 1. The van der Waals surface area contributed by atoms with Crippen molar-refractivity contribution >= 4 is 41.1 Å². The summed E-state index contributed by atoms with van der Waals surface area (Å²) in [7, 11) is 0. The molecule has 0 bridgehead atoms. The maximum Gasteiger partial charge on any atom is 0.407 e. The summed E-state index contributed by atoms with van der Waals surface area (Å²) in [5.41, 5.74) is 10.7. The number of aliphatic hydroxyl groups is 1. The Morgan fingerprint density at radius 1 is 0.967 bits per heavy atom. The van der Waals surface area contributed by atoms with E-state index in [0.717, 1.165) is 32.8 Å². The topological polar surface area (TPSA) is 212 Å². The fourth-order valence-corrected chi connectivity index (χ4v) is 7.66. The van der Waals surface area contributed by atoms with Crippen LogP contribution in [0.25, 0.3) is 10.4 Å². The van der Waals surface area contributed by atoms with Crippen molar-refractivity contribution in [3.8, 4) is 10.4 Å². The monoisotopic (exact) mass is 864 g/mol. The van der Waals surface area contributed by atoms with E-state index in [1.807, 2.05) is 88.7 Å². The molecule has 2 aromatic carbocycles. The molecule has 5 atom stereocenters. The van der Waals surface area contributed by atoms with Gasteiger partial charge in [-0.2, -0.15) is 0 Å². The highest BCUT2D eigenvalue weighted by atomic mass is 32.1. The number of thiazole rings is 1. The van der Waals surface area contributed by atoms with Gasteiger partial charge < -0.3 is 45.9 Å². The number of hydrogen-bond donors (Lipinski definition) is 5. The molecule has 0 saturated carbocycles. The van der Waals surface area contributed by atoms with E-state index >= 15 is 0 Å². The number of benzene rings is 2. The van der Waals surface area contributed by atoms with Crippen LogP contribution in [-0.4, -0.2) is 100 Å². The van der Waals surface area contributed by atoms with Gasteiger partial charge in [-0.3, -0.25) is 19.2 Å². The van der Waals surface area contributed by atoms with Crippen LogP contribution in [0.2, 0.25) is 0 Å². The van der Waals surface area contributed by atoms with Crippen LogP contribution in [0, 0.1) is 12.3 Å². The molecule has 0 aliphatic carbocycles. The third kappa shape index (κ3) is 15.8. The number of rotatable bonds is 20. The highest BCUT2D eigenvalue weighted by Gasteiger charge is 2.44. The van der Waals surface area contributed by atoms with Gasteiger partial charge >= 0.3 is 6.09 Å². The average Bonchev–Trinajstić information content (AvgIpc) is 3.80. The van der Waals surface area contributed by atoms with Gasteiger partial charge in [0.15, 0.2) is 0 Å². The van der Waals surface area contributed by atoms with Gasteiger partial charge in [0, 0.05) is 32.5 Å². The van der Waals surface area contributed by atoms with Crippen LogP contribution in [0.3, 0.4) is 0 Å². The fraction of sp³-hybridized carbons (Fsp3) is 0.556. The van der Waals surface area contributed by atoms with Crippen LogP contribution >= 0.6 is 11.3 Å². The number of carbonyl (C=O) groups excluding carboxylic acids is 5. The van der Waals surface area contributed by atoms with E-state index in [1.54, 1.807) is 32.1 Å². The summed E-state index contributed by atoms with van der Waals surface area (Å²) < 4.78 is 17.1. The molecule has 0 radical (unpaired) electrons. The smallest absolute Gasteiger partial charge is 0.407 e. The van der Waals surface area contributed by atoms with E-state index in [1.165, 1.54) is 4.90 Å². The number of aliphatic hydroxyl groups excluding tert-OH is 1. The Balaban J connectivity index is 1.20. The summed E-state index contributed by atoms with van der Waals surface area (Å²) in [5, 5.41) is 19.1. The van der Waals surface area contributed by atoms with Crippen LogP contribution < -0.4 is 21.7 Å². The minimum atomic E-state index is -0.959. The summed E-state index contributed by atoms with van der Waals surface area (Å²) in [6.07, 6.45) is -0.0354. The lowest BCUT2D eigenvalue weighted by molar-refractivity contribution is -0.144. The van der Waals surface area contributed by atoms with Crippen LogP contribution in [0.15, 0.2) is 54.0 Å². The number of alkyl carbamates (subject to hydrolysis) is 1. The molecule has 0 spiro atoms. The van der Waals surface area contributed by atoms with Crippen molar-refractivity contribution in [2.24, 2.45) is 11.1 Å². The number of amides is 5. The first-order valence-corrected chi connectivity index (χ1v) is 21.7. The Hall–Kier alpha value is -4.90. The van der Waals surface area contributed by atoms with Crippen LogP contribution in [0.5, 0.6) is 0 Å². The largest absolute Gasteiger partial charge is 0.444 e. The standard InChI is InChI=1S/C45H64N6O9S/c1-28-39(61-27-48-28)33-17-15-31(16-18-33)23-47-41(55)36-22-34(52)24-51(36)42(56)40(44(3,4)5)50-38(54)26-58-21-9-10-30-11-13-32(14-12-30)25-59-29(2)35(19-20-37(46)53)49-43(57)60-45(6,7)8/h11-18,27,29,34-36,40,52H,9-10,19-26H2,1-8H3,(H2,46,53)(H,47,55)(H,49,57)(H,50,54)/t29-,34+,35+,36+,40-/m1/s1. The molecule has 334 valence electrons. The minimum Gasteiger partial charge on any atom is -0.444 e. The molecule has 2 heterocycles. The molecule has 4 rings (SSSR count). The van der Waals surface area contributed by atoms with Crippen molar-refractivity contribution in [3.05, 3.63) is 76.4 Å². The van der Waals surface area contributed by atoms with E-state index in [9.17, 15) is 29.1 Å². The highest BCUT2D eigenvalue weighted by Crippen LogP contribution is 2.28. The summed E-state index contributed by atoms with van der Waals surface area (Å²) in [4.78, 5) is 71.0. The number of nitrogens with one attached hydrogen (secondary N) is 3. The quantitative estimate of drug-likeness (QED) is 0.0966. The van der Waals surface area contributed by atoms with Gasteiger partial charge in [0.25, 0.3) is 0 Å². The Morgan fingerprint density at radius 2 is 1.62 bits per heavy atom. The van der Waals surface area contributed by atoms with E-state index in [4.69, 9.17) is 19.9 Å². The van der Waals surface area contributed by atoms with Crippen molar-refractivity contribution < 1.29 is 43.3 Å². The minimum absolute atomic E-state index is 0.0158. The average molecular weight is 865 g/mol. The molecule has 1 fully saturated rings. The molecule has 5 amide bonds. The fourth-order valence-electron chi connectivity index (χ4n) is 6.85. The zero-order valence-electron chi connectivity index (χ0n) is 36.7. The molecule has 15 nitrogen and oxygen atoms in total. The van der Waals surface area contributed by atoms with Gasteiger partial charge in [0.2, 0.25) is 23.6 Å². The molecule has 1 saturated heterocycles. The molecule has 6 N–H and O–H groups in total. The van der Waals surface area contributed by atoms with Gasteiger partial charge in [0.05, 0.1) is 40.9 Å². The molecule has 0 unspecified atom stereocenters. The normalized spacial score (nSPS) is 17.0. The van der Waals surface area contributed by atoms with Crippen LogP contribution in [0.1, 0.15) is 96.5 Å². The summed E-state index contributed by atoms with van der Waals surface area (Å²) in [5.74, 6) is -1.74. The van der Waals surface area contributed by atoms with E-state index in [0.29, 0.717) is 25.9 Å². The predicted molar refractivity (Wildman–Crippen MR) is 233 cm³/mol. The molecular formula is C45H64N6O9S. The lowest BCUT2D eigenvalue weighted by Gasteiger charge is -2.35. The lowest BCUT2D eigenvalue weighted by atomic mass is 9.85. The number of aromatic nitrogens is 1. The molecule has 1 aliphatic rings. The first-order chi connectivity index (χ1) is 28.7. The second-order valence-corrected chi connectivity index (χ2v) is 18.5. The number of ether oxygens (including phenoxy) is 3. The van der Waals surface area contributed by atoms with E-state index in [-0.39, 0.29) is 45.1 Å². The number of aryl methyl sites for hydroxylation is 2. The van der Waals surface area contributed by atoms with Gasteiger partial charge in [0.1, 0.15) is 24.3 Å². The number of carbonyl (C=O) groups is 5. The van der Waals surface area contributed by atoms with E-state index < -0.39 is 65.2 Å². The zero-order valence-corrected chi connectivity index (χ0v) is 37.6. The maximum absolute atomic E-state index is 14.0. The van der Waals surface area contributed by atoms with Gasteiger partial charge in [-0.15, -0.1) is 11.3 Å². The molecule has 3 aromatic rings. The Kier molecular flexibility index (Phi) is 17.8. The summed E-state index contributed by atoms with van der Waals surface area (Å²) in [6, 6.07) is 13.4. The SMILES string of the molecule is Cc1ncsc1-c1ccc(CNC(=O)[C@@H]2C[C@H](O)CN2C(=O)[C@@H](NC(=O)COCCCc2ccc(CO[C@H](C)[C@H](CCC(N)=O)NC(=O)OC(C)(C)C)cc2)C(C)(C)C)cc1. The lowest BCUT2D eigenvalue weighted by Crippen LogP contribution is -2.58. The number of nitrogens with zero attached hydrogens (tertiary/aromatic N) is 2. The number of primary amides is 1. The molecular weight excluding hydrogens is 801 g/mol. The van der Waals surface area contributed by atoms with Crippen molar-refractivity contribution in [1.29, 1.82) is 0 Å². The van der Waals surface area contributed by atoms with E-state index in [2.05, 4.69) is 20.9 Å². The van der Waals surface area contributed by atoms with Crippen molar-refractivity contribution in [2.75, 3.05) is 19.8 Å². The third-order valence-corrected chi connectivity index (χ3v) is 11.2. The Labute approximate surface area is 363 Å². The van der Waals surface area contributed by atoms with Crippen molar-refractivity contribution in [3.63, 3.8) is 0 Å². The molecule has 16 heteroatoms. The maximum atomic E-state index is 14.0. The summed E-state index contributed by atoms with van der Waals surface area (Å²) >= 11 is 1.57.